The molecule has 5 aliphatic rings. The first-order chi connectivity index (χ1) is 26.1. The van der Waals surface area contributed by atoms with Gasteiger partial charge in [0, 0.05) is 19.5 Å². The van der Waals surface area contributed by atoms with Crippen molar-refractivity contribution in [2.24, 2.45) is 33.9 Å². The number of carbonyl (C=O) groups is 4. The molecule has 16 heteroatoms. The molecule has 6 N–H and O–H groups in total. The lowest BCUT2D eigenvalue weighted by Crippen LogP contribution is -2.65. The fourth-order valence-electron chi connectivity index (χ4n) is 9.15. The van der Waals surface area contributed by atoms with Gasteiger partial charge in [0.2, 0.25) is 11.8 Å². The number of guanidine groups is 1. The highest BCUT2D eigenvalue weighted by Gasteiger charge is 2.68. The highest BCUT2D eigenvalue weighted by Crippen LogP contribution is 2.65. The Morgan fingerprint density at radius 2 is 1.64 bits per heavy atom. The van der Waals surface area contributed by atoms with Crippen molar-refractivity contribution in [1.29, 1.82) is 0 Å². The van der Waals surface area contributed by atoms with Gasteiger partial charge in [-0.05, 0) is 92.6 Å². The average Bonchev–Trinajstić information content (AvgIpc) is 3.60. The number of nitrogens with two attached hydrogens (primary N) is 1. The number of unbranched alkanes of at least 4 members (excludes halogenated alkanes) is 6. The molecular weight excluding hydrogens is 705 g/mol. The smallest absolute Gasteiger partial charge is 0.404 e. The minimum Gasteiger partial charge on any atom is -0.404 e. The summed E-state index contributed by atoms with van der Waals surface area (Å²) in [5.74, 6) is -0.429. The second-order valence-corrected chi connectivity index (χ2v) is 17.0. The number of benzene rings is 1. The molecule has 6 atom stereocenters. The van der Waals surface area contributed by atoms with Gasteiger partial charge in [-0.2, -0.15) is 0 Å². The summed E-state index contributed by atoms with van der Waals surface area (Å²) in [5.41, 5.74) is 8.24. The zero-order chi connectivity index (χ0) is 39.9. The Hall–Kier alpha value is -4.05. The molecule has 302 valence electrons. The van der Waals surface area contributed by atoms with E-state index in [9.17, 15) is 24.1 Å². The largest absolute Gasteiger partial charge is 0.481 e. The van der Waals surface area contributed by atoms with Crippen molar-refractivity contribution in [3.8, 4) is 0 Å². The zero-order valence-electron chi connectivity index (χ0n) is 33.2. The molecule has 2 heterocycles. The minimum absolute atomic E-state index is 0.0259. The van der Waals surface area contributed by atoms with Crippen LogP contribution in [0.3, 0.4) is 0 Å². The van der Waals surface area contributed by atoms with Crippen LogP contribution >= 0.6 is 0 Å². The number of imide groups is 1. The van der Waals surface area contributed by atoms with Crippen LogP contribution in [0.2, 0.25) is 0 Å². The van der Waals surface area contributed by atoms with E-state index in [1.165, 1.54) is 4.90 Å². The Labute approximate surface area is 324 Å². The molecule has 1 aromatic rings. The van der Waals surface area contributed by atoms with Crippen LogP contribution in [0.1, 0.15) is 139 Å². The Kier molecular flexibility index (Phi) is 14.0. The molecule has 55 heavy (non-hydrogen) atoms. The van der Waals surface area contributed by atoms with Gasteiger partial charge in [0.15, 0.2) is 0 Å². The molecule has 1 aromatic carbocycles. The van der Waals surface area contributed by atoms with Crippen LogP contribution < -0.4 is 21.8 Å². The van der Waals surface area contributed by atoms with Gasteiger partial charge in [0.1, 0.15) is 10.9 Å². The predicted octanol–water partition coefficient (Wildman–Crippen LogP) is 4.45. The lowest BCUT2D eigenvalue weighted by atomic mass is 9.43. The summed E-state index contributed by atoms with van der Waals surface area (Å²) in [6.07, 6.45) is 9.68. The maximum Gasteiger partial charge on any atom is 0.481 e. The fourth-order valence-corrected chi connectivity index (χ4v) is 9.15. The first-order valence-corrected chi connectivity index (χ1v) is 20.2. The third-order valence-electron chi connectivity index (χ3n) is 12.3. The van der Waals surface area contributed by atoms with Crippen LogP contribution in [0.5, 0.6) is 0 Å². The molecule has 0 radical (unpaired) electrons. The van der Waals surface area contributed by atoms with Gasteiger partial charge in [-0.15, -0.1) is 0 Å². The molecule has 0 aromatic heterocycles. The van der Waals surface area contributed by atoms with Crippen molar-refractivity contribution < 1.29 is 38.7 Å². The van der Waals surface area contributed by atoms with Gasteiger partial charge in [0.25, 0.3) is 17.8 Å². The van der Waals surface area contributed by atoms with Gasteiger partial charge in [-0.3, -0.25) is 24.1 Å². The number of aliphatic imine (C=N–C) groups is 1. The quantitative estimate of drug-likeness (QED) is 0.0297. The average molecular weight is 767 g/mol. The SMILES string of the molecule is CC(C)C[C@H](NC(=O)[C@H](CCCN=C(N)N[N+](=O)O)NC(=O)CCCCCCCCCN1C(=O)c2ccccc2C1=O)B1O[C@@H]2C[C@@H]3C[C@@H](C3(C)C)[C@]2(C)O1. The predicted molar refractivity (Wildman–Crippen MR) is 206 cm³/mol. The molecule has 2 bridgehead atoms. The first-order valence-electron chi connectivity index (χ1n) is 20.2. The standard InChI is InChI=1S/C39H60BN7O8/c1-25(2)22-32(40-54-31-24-26-23-30(38(26,3)4)39(31,5)55-40)44-34(49)29(18-15-20-42-37(41)45-47(52)53)43-33(48)19-11-9-7-6-8-10-14-21-46-35(50)27-16-12-13-17-28(27)36(46)51/h12-13,16-17,25-26,29-32H,6-11,14-15,18-24H2,1-5H3,(H5-,41,42,43,44,45,48,49,52,53)/p+1/t26-,29-,30-,31+,32-,39-/m0/s1. The topological polar surface area (TPSA) is 205 Å². The molecule has 6 rings (SSSR count). The normalized spacial score (nSPS) is 24.9. The van der Waals surface area contributed by atoms with Crippen molar-refractivity contribution >= 4 is 36.7 Å². The Morgan fingerprint density at radius 1 is 1.00 bits per heavy atom. The third-order valence-corrected chi connectivity index (χ3v) is 12.3. The van der Waals surface area contributed by atoms with E-state index in [1.54, 1.807) is 24.3 Å². The molecule has 3 saturated carbocycles. The summed E-state index contributed by atoms with van der Waals surface area (Å²) in [6, 6.07) is 6.08. The second-order valence-electron chi connectivity index (χ2n) is 17.0. The van der Waals surface area contributed by atoms with Gasteiger partial charge < -0.3 is 25.7 Å². The van der Waals surface area contributed by atoms with E-state index in [2.05, 4.69) is 50.2 Å². The van der Waals surface area contributed by atoms with Crippen LogP contribution in [-0.2, 0) is 18.9 Å². The van der Waals surface area contributed by atoms with Crippen molar-refractivity contribution in [2.75, 3.05) is 13.1 Å². The Morgan fingerprint density at radius 3 is 2.25 bits per heavy atom. The Bertz CT molecular complexity index is 1570. The summed E-state index contributed by atoms with van der Waals surface area (Å²) < 4.78 is 13.3. The van der Waals surface area contributed by atoms with Gasteiger partial charge >= 0.3 is 12.2 Å². The van der Waals surface area contributed by atoms with Crippen LogP contribution in [0.15, 0.2) is 29.3 Å². The summed E-state index contributed by atoms with van der Waals surface area (Å²) in [7, 11) is -0.598. The molecule has 4 fully saturated rings. The maximum atomic E-state index is 13.9. The molecule has 15 nitrogen and oxygen atoms in total. The highest BCUT2D eigenvalue weighted by molar-refractivity contribution is 6.48. The maximum absolute atomic E-state index is 13.9. The molecule has 2 aliphatic heterocycles. The van der Waals surface area contributed by atoms with E-state index in [0.29, 0.717) is 48.8 Å². The number of nitrogens with one attached hydrogen (secondary N) is 3. The van der Waals surface area contributed by atoms with E-state index < -0.39 is 29.7 Å². The number of hydrogen-bond acceptors (Lipinski definition) is 8. The molecule has 1 saturated heterocycles. The number of rotatable bonds is 21. The van der Waals surface area contributed by atoms with E-state index in [4.69, 9.17) is 20.2 Å². The second kappa shape index (κ2) is 18.3. The number of hydrazine groups is 1. The van der Waals surface area contributed by atoms with Crippen LogP contribution in [-0.4, -0.2) is 88.6 Å². The van der Waals surface area contributed by atoms with Gasteiger partial charge in [-0.1, -0.05) is 71.9 Å². The number of fused-ring (bicyclic) bond motifs is 1. The fraction of sp³-hybridized carbons (Fsp3) is 0.718. The van der Waals surface area contributed by atoms with Crippen molar-refractivity contribution in [2.45, 2.75) is 142 Å². The van der Waals surface area contributed by atoms with E-state index >= 15 is 0 Å². The van der Waals surface area contributed by atoms with Gasteiger partial charge in [0.05, 0.1) is 28.8 Å². The van der Waals surface area contributed by atoms with Crippen molar-refractivity contribution in [3.63, 3.8) is 0 Å². The monoisotopic (exact) mass is 766 g/mol. The summed E-state index contributed by atoms with van der Waals surface area (Å²) in [5, 5.41) is 14.4. The van der Waals surface area contributed by atoms with Gasteiger partial charge in [-0.25, -0.2) is 10.2 Å². The zero-order valence-corrected chi connectivity index (χ0v) is 33.2. The third kappa shape index (κ3) is 10.0. The summed E-state index contributed by atoms with van der Waals surface area (Å²) >= 11 is 0. The minimum atomic E-state index is -0.839. The van der Waals surface area contributed by atoms with Crippen LogP contribution in [0, 0.1) is 28.1 Å². The molecular formula is C39H61BN7O8+. The van der Waals surface area contributed by atoms with Crippen LogP contribution in [0.4, 0.5) is 0 Å². The van der Waals surface area contributed by atoms with E-state index in [-0.39, 0.29) is 66.4 Å². The first kappa shape index (κ1) is 42.1. The molecule has 3 aliphatic carbocycles. The lowest BCUT2D eigenvalue weighted by molar-refractivity contribution is -0.822. The molecule has 0 unspecified atom stereocenters. The number of amides is 4. The highest BCUT2D eigenvalue weighted by atomic mass is 16.7. The van der Waals surface area contributed by atoms with E-state index in [1.807, 2.05) is 5.43 Å². The Balaban J connectivity index is 1.07. The van der Waals surface area contributed by atoms with Crippen LogP contribution in [0.25, 0.3) is 0 Å². The van der Waals surface area contributed by atoms with Crippen molar-refractivity contribution in [3.05, 3.63) is 40.3 Å². The number of nitrogens with zero attached hydrogens (tertiary/aromatic N) is 3. The number of carbonyl (C=O) groups excluding carboxylic acids is 4. The summed E-state index contributed by atoms with van der Waals surface area (Å²) in [6.45, 7) is 11.5. The summed E-state index contributed by atoms with van der Waals surface area (Å²) in [4.78, 5) is 68.3. The lowest BCUT2D eigenvalue weighted by Gasteiger charge is -2.64. The van der Waals surface area contributed by atoms with Crippen molar-refractivity contribution in [1.82, 2.24) is 21.0 Å². The molecule has 4 amide bonds. The molecule has 0 spiro atoms. The van der Waals surface area contributed by atoms with E-state index in [0.717, 1.165) is 51.4 Å². The number of hydrogen-bond donors (Lipinski definition) is 5.